The first-order chi connectivity index (χ1) is 8.23. The zero-order valence-corrected chi connectivity index (χ0v) is 10.4. The summed E-state index contributed by atoms with van der Waals surface area (Å²) >= 11 is 4.40. The largest absolute Gasteiger partial charge is 0.399 e. The van der Waals surface area contributed by atoms with E-state index in [0.717, 1.165) is 4.90 Å². The summed E-state index contributed by atoms with van der Waals surface area (Å²) in [4.78, 5) is 0.498. The molecule has 7 heteroatoms. The third-order valence-corrected chi connectivity index (χ3v) is 2.74. The van der Waals surface area contributed by atoms with Crippen LogP contribution in [0.4, 0.5) is 23.2 Å². The number of para-hydroxylation sites is 1. The molecule has 100 valence electrons. The third-order valence-electron chi connectivity index (χ3n) is 2.46. The van der Waals surface area contributed by atoms with Crippen LogP contribution >= 0.6 is 12.2 Å². The van der Waals surface area contributed by atoms with Crippen LogP contribution in [0.15, 0.2) is 24.3 Å². The highest BCUT2D eigenvalue weighted by Gasteiger charge is 2.42. The maximum absolute atomic E-state index is 13.4. The van der Waals surface area contributed by atoms with Crippen LogP contribution in [0.2, 0.25) is 0 Å². The van der Waals surface area contributed by atoms with Crippen molar-refractivity contribution in [2.45, 2.75) is 6.18 Å². The first kappa shape index (κ1) is 14.7. The lowest BCUT2D eigenvalue weighted by Gasteiger charge is -2.26. The van der Waals surface area contributed by atoms with Crippen molar-refractivity contribution in [2.24, 2.45) is 11.7 Å². The smallest absolute Gasteiger partial charge is 0.393 e. The van der Waals surface area contributed by atoms with Crippen molar-refractivity contribution in [3.05, 3.63) is 30.1 Å². The molecule has 0 amide bonds. The van der Waals surface area contributed by atoms with Crippen LogP contribution in [-0.4, -0.2) is 24.8 Å². The van der Waals surface area contributed by atoms with Gasteiger partial charge < -0.3 is 10.6 Å². The predicted octanol–water partition coefficient (Wildman–Crippen LogP) is 2.73. The molecule has 0 aromatic heterocycles. The van der Waals surface area contributed by atoms with Gasteiger partial charge in [0.1, 0.15) is 11.7 Å². The molecule has 0 aliphatic heterocycles. The SMILES string of the molecule is CN(CC(C(N)=S)C(F)(F)F)c1ccccc1F. The molecule has 0 heterocycles. The van der Waals surface area contributed by atoms with Crippen LogP contribution in [0.25, 0.3) is 0 Å². The highest BCUT2D eigenvalue weighted by Crippen LogP contribution is 2.29. The molecule has 0 saturated heterocycles. The zero-order chi connectivity index (χ0) is 13.9. The van der Waals surface area contributed by atoms with Gasteiger partial charge in [0.25, 0.3) is 0 Å². The quantitative estimate of drug-likeness (QED) is 0.679. The standard InChI is InChI=1S/C11H12F4N2S/c1-17(9-5-3-2-4-8(9)12)6-7(10(16)18)11(13,14)15/h2-5,7H,6H2,1H3,(H2,16,18). The molecule has 0 fully saturated rings. The molecule has 18 heavy (non-hydrogen) atoms. The maximum Gasteiger partial charge on any atom is 0.399 e. The number of thiocarbonyl (C=S) groups is 1. The Morgan fingerprint density at radius 3 is 2.39 bits per heavy atom. The molecular weight excluding hydrogens is 268 g/mol. The van der Waals surface area contributed by atoms with Gasteiger partial charge in [-0.05, 0) is 12.1 Å². The Hall–Kier alpha value is -1.37. The first-order valence-electron chi connectivity index (χ1n) is 5.05. The van der Waals surface area contributed by atoms with Gasteiger partial charge in [-0.3, -0.25) is 0 Å². The van der Waals surface area contributed by atoms with E-state index >= 15 is 0 Å². The molecule has 1 aromatic carbocycles. The zero-order valence-electron chi connectivity index (χ0n) is 9.54. The molecule has 0 spiro atoms. The van der Waals surface area contributed by atoms with Crippen LogP contribution < -0.4 is 10.6 Å². The lowest BCUT2D eigenvalue weighted by molar-refractivity contribution is -0.152. The summed E-state index contributed by atoms with van der Waals surface area (Å²) < 4.78 is 51.4. The van der Waals surface area contributed by atoms with Gasteiger partial charge in [0.2, 0.25) is 0 Å². The number of rotatable bonds is 4. The van der Waals surface area contributed by atoms with Crippen molar-refractivity contribution >= 4 is 22.9 Å². The van der Waals surface area contributed by atoms with E-state index in [1.807, 2.05) is 0 Å². The van der Waals surface area contributed by atoms with E-state index in [1.54, 1.807) is 0 Å². The summed E-state index contributed by atoms with van der Waals surface area (Å²) in [5.74, 6) is -2.55. The van der Waals surface area contributed by atoms with Crippen LogP contribution in [0, 0.1) is 11.7 Å². The topological polar surface area (TPSA) is 29.3 Å². The molecular formula is C11H12F4N2S. The molecule has 0 aliphatic carbocycles. The van der Waals surface area contributed by atoms with Gasteiger partial charge in [-0.2, -0.15) is 13.2 Å². The molecule has 0 saturated carbocycles. The van der Waals surface area contributed by atoms with Crippen LogP contribution in [-0.2, 0) is 0 Å². The number of hydrogen-bond donors (Lipinski definition) is 1. The van der Waals surface area contributed by atoms with Crippen molar-refractivity contribution in [3.8, 4) is 0 Å². The Labute approximate surface area is 107 Å². The van der Waals surface area contributed by atoms with Gasteiger partial charge in [0.05, 0.1) is 10.7 Å². The first-order valence-corrected chi connectivity index (χ1v) is 5.46. The fourth-order valence-corrected chi connectivity index (χ4v) is 1.70. The van der Waals surface area contributed by atoms with Gasteiger partial charge in [-0.25, -0.2) is 4.39 Å². The Morgan fingerprint density at radius 2 is 1.94 bits per heavy atom. The van der Waals surface area contributed by atoms with Crippen molar-refractivity contribution in [1.29, 1.82) is 0 Å². The van der Waals surface area contributed by atoms with Crippen molar-refractivity contribution in [1.82, 2.24) is 0 Å². The van der Waals surface area contributed by atoms with E-state index in [1.165, 1.54) is 31.3 Å². The summed E-state index contributed by atoms with van der Waals surface area (Å²) in [6.45, 7) is -0.514. The number of benzene rings is 1. The summed E-state index contributed by atoms with van der Waals surface area (Å²) in [6.07, 6.45) is -4.54. The molecule has 0 radical (unpaired) electrons. The number of alkyl halides is 3. The third kappa shape index (κ3) is 3.56. The maximum atomic E-state index is 13.4. The Bertz CT molecular complexity index is 433. The Balaban J connectivity index is 2.89. The minimum Gasteiger partial charge on any atom is -0.393 e. The van der Waals surface area contributed by atoms with E-state index < -0.39 is 29.4 Å². The molecule has 0 bridgehead atoms. The second-order valence-electron chi connectivity index (χ2n) is 3.83. The van der Waals surface area contributed by atoms with E-state index in [9.17, 15) is 17.6 Å². The van der Waals surface area contributed by atoms with Crippen LogP contribution in [0.3, 0.4) is 0 Å². The number of nitrogens with two attached hydrogens (primary N) is 1. The van der Waals surface area contributed by atoms with E-state index in [-0.39, 0.29) is 5.69 Å². The fourth-order valence-electron chi connectivity index (χ4n) is 1.49. The summed E-state index contributed by atoms with van der Waals surface area (Å²) in [7, 11) is 1.36. The minimum atomic E-state index is -4.54. The van der Waals surface area contributed by atoms with E-state index in [2.05, 4.69) is 12.2 Å². The molecule has 1 rings (SSSR count). The molecule has 2 N–H and O–H groups in total. The Kier molecular flexibility index (Phi) is 4.50. The summed E-state index contributed by atoms with van der Waals surface area (Å²) in [6, 6.07) is 5.57. The number of anilines is 1. The average Bonchev–Trinajstić information content (AvgIpc) is 2.24. The fraction of sp³-hybridized carbons (Fsp3) is 0.364. The second kappa shape index (κ2) is 5.51. The van der Waals surface area contributed by atoms with Crippen molar-refractivity contribution in [2.75, 3.05) is 18.5 Å². The molecule has 1 unspecified atom stereocenters. The monoisotopic (exact) mass is 280 g/mol. The molecule has 1 atom stereocenters. The van der Waals surface area contributed by atoms with Gasteiger partial charge in [0.15, 0.2) is 0 Å². The van der Waals surface area contributed by atoms with Gasteiger partial charge in [0, 0.05) is 13.6 Å². The lowest BCUT2D eigenvalue weighted by atomic mass is 10.1. The van der Waals surface area contributed by atoms with Crippen molar-refractivity contribution in [3.63, 3.8) is 0 Å². The van der Waals surface area contributed by atoms with Gasteiger partial charge in [-0.15, -0.1) is 0 Å². The van der Waals surface area contributed by atoms with Crippen LogP contribution in [0.5, 0.6) is 0 Å². The average molecular weight is 280 g/mol. The highest BCUT2D eigenvalue weighted by atomic mass is 32.1. The number of hydrogen-bond acceptors (Lipinski definition) is 2. The van der Waals surface area contributed by atoms with E-state index in [4.69, 9.17) is 5.73 Å². The number of nitrogens with zero attached hydrogens (tertiary/aromatic N) is 1. The lowest BCUT2D eigenvalue weighted by Crippen LogP contribution is -2.42. The van der Waals surface area contributed by atoms with E-state index in [0.29, 0.717) is 0 Å². The summed E-state index contributed by atoms with van der Waals surface area (Å²) in [5.41, 5.74) is 5.15. The second-order valence-corrected chi connectivity index (χ2v) is 4.30. The molecule has 1 aromatic rings. The summed E-state index contributed by atoms with van der Waals surface area (Å²) in [5, 5.41) is 0. The molecule has 2 nitrogen and oxygen atoms in total. The molecule has 0 aliphatic rings. The van der Waals surface area contributed by atoms with Crippen molar-refractivity contribution < 1.29 is 17.6 Å². The normalized spacial score (nSPS) is 13.2. The number of halogens is 4. The highest BCUT2D eigenvalue weighted by molar-refractivity contribution is 7.80. The Morgan fingerprint density at radius 1 is 1.39 bits per heavy atom. The van der Waals surface area contributed by atoms with Gasteiger partial charge >= 0.3 is 6.18 Å². The van der Waals surface area contributed by atoms with Crippen LogP contribution in [0.1, 0.15) is 0 Å². The predicted molar refractivity (Wildman–Crippen MR) is 66.0 cm³/mol. The minimum absolute atomic E-state index is 0.0722. The van der Waals surface area contributed by atoms with Gasteiger partial charge in [-0.1, -0.05) is 24.4 Å².